The molecular weight excluding hydrogens is 390 g/mol. The number of carboxylic acids is 1. The monoisotopic (exact) mass is 417 g/mol. The highest BCUT2D eigenvalue weighted by Crippen LogP contribution is 2.16. The van der Waals surface area contributed by atoms with Crippen LogP contribution in [0.2, 0.25) is 0 Å². The lowest BCUT2D eigenvalue weighted by Crippen LogP contribution is -2.52. The maximum Gasteiger partial charge on any atom is 0.303 e. The van der Waals surface area contributed by atoms with E-state index < -0.39 is 23.8 Å². The van der Waals surface area contributed by atoms with Gasteiger partial charge < -0.3 is 15.7 Å². The minimum atomic E-state index is -0.803. The number of hydrogen-bond donors (Lipinski definition) is 4. The van der Waals surface area contributed by atoms with E-state index in [1.165, 1.54) is 6.07 Å². The molecule has 1 aromatic rings. The Bertz CT molecular complexity index is 808. The standard InChI is InChI=1S/C21H27N3O6/c25-13-14-12-15(22-11-5-3-1-2-4-6-19(27)28)7-8-16(14)20(29)23-17-9-10-18(26)24-21(17)30/h7-8,12-13,17,22H,1-6,9-11H2,(H,23,29)(H,27,28)(H,24,26,30). The number of piperidine rings is 1. The number of hydrogen-bond acceptors (Lipinski definition) is 6. The zero-order chi connectivity index (χ0) is 21.9. The summed E-state index contributed by atoms with van der Waals surface area (Å²) in [5, 5.41) is 16.5. The molecule has 9 nitrogen and oxygen atoms in total. The number of aldehydes is 1. The van der Waals surface area contributed by atoms with Gasteiger partial charge in [0.2, 0.25) is 11.8 Å². The van der Waals surface area contributed by atoms with E-state index in [0.29, 0.717) is 24.9 Å². The molecular formula is C21H27N3O6. The van der Waals surface area contributed by atoms with Crippen LogP contribution in [-0.2, 0) is 14.4 Å². The van der Waals surface area contributed by atoms with Crippen LogP contribution < -0.4 is 16.0 Å². The van der Waals surface area contributed by atoms with Crippen LogP contribution in [0.5, 0.6) is 0 Å². The van der Waals surface area contributed by atoms with Gasteiger partial charge in [0.1, 0.15) is 6.04 Å². The number of imide groups is 1. The second-order valence-corrected chi connectivity index (χ2v) is 7.24. The summed E-state index contributed by atoms with van der Waals surface area (Å²) >= 11 is 0. The van der Waals surface area contributed by atoms with Gasteiger partial charge >= 0.3 is 5.97 Å². The van der Waals surface area contributed by atoms with Crippen molar-refractivity contribution in [3.8, 4) is 0 Å². The van der Waals surface area contributed by atoms with Gasteiger partial charge in [-0.1, -0.05) is 19.3 Å². The maximum atomic E-state index is 12.5. The number of carbonyl (C=O) groups is 5. The van der Waals surface area contributed by atoms with Crippen molar-refractivity contribution >= 4 is 35.7 Å². The Morgan fingerprint density at radius 2 is 1.87 bits per heavy atom. The number of unbranched alkanes of at least 4 members (excludes halogenated alkanes) is 4. The summed E-state index contributed by atoms with van der Waals surface area (Å²) in [4.78, 5) is 57.3. The molecule has 1 fully saturated rings. The highest BCUT2D eigenvalue weighted by molar-refractivity contribution is 6.06. The minimum Gasteiger partial charge on any atom is -0.481 e. The van der Waals surface area contributed by atoms with Gasteiger partial charge in [-0.3, -0.25) is 29.3 Å². The van der Waals surface area contributed by atoms with Gasteiger partial charge in [-0.25, -0.2) is 0 Å². The molecule has 0 saturated carbocycles. The number of benzene rings is 1. The summed E-state index contributed by atoms with van der Waals surface area (Å²) in [6.07, 6.45) is 5.59. The quantitative estimate of drug-likeness (QED) is 0.231. The fraction of sp³-hybridized carbons (Fsp3) is 0.476. The molecule has 0 bridgehead atoms. The Hall–Kier alpha value is -3.23. The molecule has 0 radical (unpaired) electrons. The number of aliphatic carboxylic acids is 1. The molecule has 162 valence electrons. The predicted octanol–water partition coefficient (Wildman–Crippen LogP) is 1.87. The first-order chi connectivity index (χ1) is 14.4. The number of carbonyl (C=O) groups excluding carboxylic acids is 4. The topological polar surface area (TPSA) is 142 Å². The van der Waals surface area contributed by atoms with Crippen molar-refractivity contribution in [1.29, 1.82) is 0 Å². The second kappa shape index (κ2) is 11.7. The van der Waals surface area contributed by atoms with Crippen LogP contribution in [0, 0.1) is 0 Å². The van der Waals surface area contributed by atoms with E-state index in [-0.39, 0.29) is 36.3 Å². The predicted molar refractivity (Wildman–Crippen MR) is 109 cm³/mol. The van der Waals surface area contributed by atoms with Crippen LogP contribution in [0.15, 0.2) is 18.2 Å². The Balaban J connectivity index is 1.80. The summed E-state index contributed by atoms with van der Waals surface area (Å²) in [6, 6.07) is 4.00. The van der Waals surface area contributed by atoms with Crippen molar-refractivity contribution in [2.45, 2.75) is 57.4 Å². The van der Waals surface area contributed by atoms with Crippen LogP contribution in [0.3, 0.4) is 0 Å². The van der Waals surface area contributed by atoms with Crippen molar-refractivity contribution in [1.82, 2.24) is 10.6 Å². The number of nitrogens with one attached hydrogen (secondary N) is 3. The minimum absolute atomic E-state index is 0.152. The van der Waals surface area contributed by atoms with E-state index >= 15 is 0 Å². The third-order valence-corrected chi connectivity index (χ3v) is 4.86. The highest BCUT2D eigenvalue weighted by Gasteiger charge is 2.28. The first-order valence-electron chi connectivity index (χ1n) is 10.1. The molecule has 1 aliphatic heterocycles. The average Bonchev–Trinajstić information content (AvgIpc) is 2.71. The molecule has 1 heterocycles. The molecule has 1 atom stereocenters. The molecule has 9 heteroatoms. The Morgan fingerprint density at radius 3 is 2.57 bits per heavy atom. The van der Waals surface area contributed by atoms with Crippen molar-refractivity contribution in [3.05, 3.63) is 29.3 Å². The molecule has 1 aromatic carbocycles. The number of amides is 3. The van der Waals surface area contributed by atoms with Crippen LogP contribution in [0.25, 0.3) is 0 Å². The molecule has 4 N–H and O–H groups in total. The third kappa shape index (κ3) is 7.31. The van der Waals surface area contributed by atoms with Crippen LogP contribution in [-0.4, -0.2) is 47.7 Å². The molecule has 1 unspecified atom stereocenters. The molecule has 0 aliphatic carbocycles. The fourth-order valence-electron chi connectivity index (χ4n) is 3.21. The summed E-state index contributed by atoms with van der Waals surface area (Å²) in [5.41, 5.74) is 1.08. The first-order valence-corrected chi connectivity index (χ1v) is 10.1. The van der Waals surface area contributed by atoms with Gasteiger partial charge in [-0.05, 0) is 37.5 Å². The Morgan fingerprint density at radius 1 is 1.13 bits per heavy atom. The first kappa shape index (κ1) is 23.1. The van der Waals surface area contributed by atoms with Gasteiger partial charge in [-0.15, -0.1) is 0 Å². The van der Waals surface area contributed by atoms with E-state index in [2.05, 4.69) is 16.0 Å². The van der Waals surface area contributed by atoms with E-state index in [1.54, 1.807) is 12.1 Å². The van der Waals surface area contributed by atoms with Crippen molar-refractivity contribution in [2.24, 2.45) is 0 Å². The van der Waals surface area contributed by atoms with E-state index in [9.17, 15) is 24.0 Å². The van der Waals surface area contributed by atoms with E-state index in [0.717, 1.165) is 25.7 Å². The number of anilines is 1. The van der Waals surface area contributed by atoms with Crippen LogP contribution in [0.4, 0.5) is 5.69 Å². The molecule has 2 rings (SSSR count). The Labute approximate surface area is 174 Å². The zero-order valence-corrected chi connectivity index (χ0v) is 16.7. The van der Waals surface area contributed by atoms with E-state index in [1.807, 2.05) is 0 Å². The largest absolute Gasteiger partial charge is 0.481 e. The van der Waals surface area contributed by atoms with Crippen molar-refractivity contribution in [2.75, 3.05) is 11.9 Å². The average molecular weight is 417 g/mol. The normalized spacial score (nSPS) is 15.9. The highest BCUT2D eigenvalue weighted by atomic mass is 16.4. The van der Waals surface area contributed by atoms with Crippen LogP contribution >= 0.6 is 0 Å². The number of carboxylic acid groups (broad SMARTS) is 1. The maximum absolute atomic E-state index is 12.5. The molecule has 0 spiro atoms. The lowest BCUT2D eigenvalue weighted by Gasteiger charge is -2.22. The lowest BCUT2D eigenvalue weighted by molar-refractivity contribution is -0.137. The van der Waals surface area contributed by atoms with Gasteiger partial charge in [0.05, 0.1) is 0 Å². The molecule has 3 amide bonds. The molecule has 30 heavy (non-hydrogen) atoms. The summed E-state index contributed by atoms with van der Waals surface area (Å²) < 4.78 is 0. The Kier molecular flexibility index (Phi) is 8.99. The van der Waals surface area contributed by atoms with Crippen LogP contribution in [0.1, 0.15) is 72.1 Å². The zero-order valence-electron chi connectivity index (χ0n) is 16.7. The van der Waals surface area contributed by atoms with Gasteiger partial charge in [0.15, 0.2) is 6.29 Å². The van der Waals surface area contributed by atoms with Crippen molar-refractivity contribution < 1.29 is 29.1 Å². The SMILES string of the molecule is O=Cc1cc(NCCCCCCCC(=O)O)ccc1C(=O)NC1CCC(=O)NC1=O. The fourth-order valence-corrected chi connectivity index (χ4v) is 3.21. The molecule has 1 aliphatic rings. The summed E-state index contributed by atoms with van der Waals surface area (Å²) in [5.74, 6) is -2.22. The lowest BCUT2D eigenvalue weighted by atomic mass is 10.0. The van der Waals surface area contributed by atoms with Gasteiger partial charge in [0, 0.05) is 36.2 Å². The number of rotatable bonds is 12. The van der Waals surface area contributed by atoms with Gasteiger partial charge in [-0.2, -0.15) is 0 Å². The summed E-state index contributed by atoms with van der Waals surface area (Å²) in [7, 11) is 0. The van der Waals surface area contributed by atoms with E-state index in [4.69, 9.17) is 5.11 Å². The molecule has 0 aromatic heterocycles. The smallest absolute Gasteiger partial charge is 0.303 e. The second-order valence-electron chi connectivity index (χ2n) is 7.24. The van der Waals surface area contributed by atoms with Crippen molar-refractivity contribution in [3.63, 3.8) is 0 Å². The third-order valence-electron chi connectivity index (χ3n) is 4.86. The van der Waals surface area contributed by atoms with Gasteiger partial charge in [0.25, 0.3) is 5.91 Å². The summed E-state index contributed by atoms with van der Waals surface area (Å²) in [6.45, 7) is 0.693. The molecule has 1 saturated heterocycles.